The molecule has 1 aliphatic rings. The summed E-state index contributed by atoms with van der Waals surface area (Å²) in [6.07, 6.45) is 4.61. The van der Waals surface area contributed by atoms with Crippen LogP contribution < -0.4 is 0 Å². The molecule has 0 saturated carbocycles. The van der Waals surface area contributed by atoms with Crippen molar-refractivity contribution in [1.29, 1.82) is 0 Å². The number of hydrogen-bond acceptors (Lipinski definition) is 0. The topological polar surface area (TPSA) is 0 Å². The molecule has 0 nitrogen and oxygen atoms in total. The fourth-order valence-electron chi connectivity index (χ4n) is 1.93. The minimum Gasteiger partial charge on any atom is -0.0663 e. The van der Waals surface area contributed by atoms with E-state index in [1.54, 1.807) is 5.57 Å². The summed E-state index contributed by atoms with van der Waals surface area (Å²) < 4.78 is 0. The lowest BCUT2D eigenvalue weighted by Gasteiger charge is -2.02. The monoisotopic (exact) mass is 184 g/mol. The standard InChI is InChI=1S/C14H16/c1-11-8-14(9-12(11)2)10-13-6-4-3-5-7-13/h3-8H,9-10H2,1-2H3. The lowest BCUT2D eigenvalue weighted by Crippen LogP contribution is -1.87. The number of benzene rings is 1. The maximum atomic E-state index is 2.34. The largest absolute Gasteiger partial charge is 0.0663 e. The Morgan fingerprint density at radius 3 is 2.36 bits per heavy atom. The Morgan fingerprint density at radius 2 is 1.79 bits per heavy atom. The van der Waals surface area contributed by atoms with Gasteiger partial charge in [-0.15, -0.1) is 0 Å². The molecule has 72 valence electrons. The van der Waals surface area contributed by atoms with Crippen molar-refractivity contribution in [3.63, 3.8) is 0 Å². The molecule has 0 heterocycles. The van der Waals surface area contributed by atoms with E-state index < -0.39 is 0 Å². The normalized spacial score (nSPS) is 16.0. The third kappa shape index (κ3) is 1.95. The third-order valence-electron chi connectivity index (χ3n) is 2.86. The van der Waals surface area contributed by atoms with Crippen LogP contribution in [0.4, 0.5) is 0 Å². The second kappa shape index (κ2) is 3.83. The van der Waals surface area contributed by atoms with Gasteiger partial charge in [0, 0.05) is 0 Å². The van der Waals surface area contributed by atoms with Gasteiger partial charge in [0.2, 0.25) is 0 Å². The molecule has 0 saturated heterocycles. The van der Waals surface area contributed by atoms with Crippen LogP contribution in [0.1, 0.15) is 25.8 Å². The minimum absolute atomic E-state index is 1.11. The second-order valence-corrected chi connectivity index (χ2v) is 4.11. The van der Waals surface area contributed by atoms with Crippen molar-refractivity contribution >= 4 is 0 Å². The quantitative estimate of drug-likeness (QED) is 0.654. The van der Waals surface area contributed by atoms with Gasteiger partial charge in [0.25, 0.3) is 0 Å². The Labute approximate surface area is 86.0 Å². The van der Waals surface area contributed by atoms with Gasteiger partial charge in [-0.05, 0) is 32.3 Å². The van der Waals surface area contributed by atoms with Crippen LogP contribution in [0.25, 0.3) is 0 Å². The first kappa shape index (κ1) is 9.26. The second-order valence-electron chi connectivity index (χ2n) is 4.11. The van der Waals surface area contributed by atoms with Gasteiger partial charge in [0.1, 0.15) is 0 Å². The molecule has 0 unspecified atom stereocenters. The molecule has 0 spiro atoms. The number of rotatable bonds is 2. The molecule has 0 aliphatic heterocycles. The Hall–Kier alpha value is -1.30. The van der Waals surface area contributed by atoms with Gasteiger partial charge in [0.05, 0.1) is 0 Å². The molecule has 0 radical (unpaired) electrons. The summed E-state index contributed by atoms with van der Waals surface area (Å²) in [5.41, 5.74) is 5.94. The van der Waals surface area contributed by atoms with Crippen LogP contribution in [0.3, 0.4) is 0 Å². The zero-order chi connectivity index (χ0) is 9.97. The molecule has 0 amide bonds. The molecule has 1 aromatic rings. The predicted molar refractivity (Wildman–Crippen MR) is 61.2 cm³/mol. The average molecular weight is 184 g/mol. The van der Waals surface area contributed by atoms with Gasteiger partial charge < -0.3 is 0 Å². The van der Waals surface area contributed by atoms with Gasteiger partial charge in [-0.3, -0.25) is 0 Å². The molecular formula is C14H16. The van der Waals surface area contributed by atoms with Crippen LogP contribution in [0, 0.1) is 0 Å². The van der Waals surface area contributed by atoms with Gasteiger partial charge in [-0.2, -0.15) is 0 Å². The van der Waals surface area contributed by atoms with Crippen LogP contribution >= 0.6 is 0 Å². The molecule has 0 bridgehead atoms. The van der Waals surface area contributed by atoms with Gasteiger partial charge in [-0.25, -0.2) is 0 Å². The molecule has 0 atom stereocenters. The van der Waals surface area contributed by atoms with E-state index in [0.29, 0.717) is 0 Å². The Bertz CT molecular complexity index is 380. The molecule has 0 aromatic heterocycles. The van der Waals surface area contributed by atoms with Crippen LogP contribution in [0.5, 0.6) is 0 Å². The van der Waals surface area contributed by atoms with E-state index >= 15 is 0 Å². The summed E-state index contributed by atoms with van der Waals surface area (Å²) in [6, 6.07) is 10.7. The highest BCUT2D eigenvalue weighted by atomic mass is 14.1. The summed E-state index contributed by atoms with van der Waals surface area (Å²) in [5, 5.41) is 0. The van der Waals surface area contributed by atoms with E-state index in [-0.39, 0.29) is 0 Å². The maximum absolute atomic E-state index is 2.34. The molecule has 1 aliphatic carbocycles. The van der Waals surface area contributed by atoms with Crippen molar-refractivity contribution in [2.75, 3.05) is 0 Å². The van der Waals surface area contributed by atoms with Gasteiger partial charge in [-0.1, -0.05) is 53.1 Å². The molecule has 0 heteroatoms. The average Bonchev–Trinajstić information content (AvgIpc) is 2.47. The highest BCUT2D eigenvalue weighted by molar-refractivity contribution is 5.39. The molecule has 0 N–H and O–H groups in total. The summed E-state index contributed by atoms with van der Waals surface area (Å²) in [7, 11) is 0. The minimum atomic E-state index is 1.11. The van der Waals surface area contributed by atoms with E-state index in [2.05, 4.69) is 50.3 Å². The molecule has 0 fully saturated rings. The highest BCUT2D eigenvalue weighted by Gasteiger charge is 2.09. The third-order valence-corrected chi connectivity index (χ3v) is 2.86. The first-order chi connectivity index (χ1) is 6.75. The van der Waals surface area contributed by atoms with E-state index in [1.165, 1.54) is 23.1 Å². The molecule has 14 heavy (non-hydrogen) atoms. The van der Waals surface area contributed by atoms with Gasteiger partial charge in [0.15, 0.2) is 0 Å². The summed E-state index contributed by atoms with van der Waals surface area (Å²) in [4.78, 5) is 0. The van der Waals surface area contributed by atoms with Crippen molar-refractivity contribution in [2.24, 2.45) is 0 Å². The first-order valence-electron chi connectivity index (χ1n) is 5.15. The number of allylic oxidation sites excluding steroid dienone is 4. The van der Waals surface area contributed by atoms with Crippen molar-refractivity contribution in [3.8, 4) is 0 Å². The molecular weight excluding hydrogens is 168 g/mol. The molecule has 1 aromatic carbocycles. The molecule has 2 rings (SSSR count). The smallest absolute Gasteiger partial charge is 0.00607 e. The lowest BCUT2D eigenvalue weighted by atomic mass is 10.0. The van der Waals surface area contributed by atoms with Crippen LogP contribution in [-0.4, -0.2) is 0 Å². The van der Waals surface area contributed by atoms with Crippen LogP contribution in [-0.2, 0) is 6.42 Å². The van der Waals surface area contributed by atoms with Crippen LogP contribution in [0.2, 0.25) is 0 Å². The van der Waals surface area contributed by atoms with Crippen molar-refractivity contribution < 1.29 is 0 Å². The summed E-state index contributed by atoms with van der Waals surface area (Å²) in [5.74, 6) is 0. The predicted octanol–water partition coefficient (Wildman–Crippen LogP) is 3.90. The zero-order valence-corrected chi connectivity index (χ0v) is 8.88. The maximum Gasteiger partial charge on any atom is -0.00607 e. The highest BCUT2D eigenvalue weighted by Crippen LogP contribution is 2.26. The Balaban J connectivity index is 2.06. The van der Waals surface area contributed by atoms with E-state index in [9.17, 15) is 0 Å². The van der Waals surface area contributed by atoms with Crippen molar-refractivity contribution in [3.05, 3.63) is 58.7 Å². The van der Waals surface area contributed by atoms with Crippen LogP contribution in [0.15, 0.2) is 53.1 Å². The summed E-state index contributed by atoms with van der Waals surface area (Å²) in [6.45, 7) is 4.43. The fraction of sp³-hybridized carbons (Fsp3) is 0.286. The Morgan fingerprint density at radius 1 is 1.07 bits per heavy atom. The van der Waals surface area contributed by atoms with Gasteiger partial charge >= 0.3 is 0 Å². The Kier molecular flexibility index (Phi) is 2.53. The number of hydrogen-bond donors (Lipinski definition) is 0. The summed E-state index contributed by atoms with van der Waals surface area (Å²) >= 11 is 0. The first-order valence-corrected chi connectivity index (χ1v) is 5.15. The fourth-order valence-corrected chi connectivity index (χ4v) is 1.93. The van der Waals surface area contributed by atoms with E-state index in [4.69, 9.17) is 0 Å². The SMILES string of the molecule is CC1=C(C)CC(Cc2ccccc2)=C1. The zero-order valence-electron chi connectivity index (χ0n) is 8.88. The lowest BCUT2D eigenvalue weighted by molar-refractivity contribution is 1.04. The van der Waals surface area contributed by atoms with E-state index in [0.717, 1.165) is 6.42 Å². The van der Waals surface area contributed by atoms with E-state index in [1.807, 2.05) is 0 Å². The van der Waals surface area contributed by atoms with Crippen molar-refractivity contribution in [1.82, 2.24) is 0 Å². The van der Waals surface area contributed by atoms with Crippen molar-refractivity contribution in [2.45, 2.75) is 26.7 Å².